The van der Waals surface area contributed by atoms with E-state index in [2.05, 4.69) is 0 Å². The Morgan fingerprint density at radius 1 is 1.08 bits per heavy atom. The molecule has 1 aliphatic rings. The number of pyridine rings is 1. The second-order valence-electron chi connectivity index (χ2n) is 6.49. The minimum Gasteiger partial charge on any atom is -0.370 e. The Labute approximate surface area is 151 Å². The maximum atomic E-state index is 13.2. The summed E-state index contributed by atoms with van der Waals surface area (Å²) in [5.74, 6) is -0.122. The van der Waals surface area contributed by atoms with E-state index in [9.17, 15) is 9.59 Å². The van der Waals surface area contributed by atoms with Crippen LogP contribution in [-0.4, -0.2) is 35.1 Å². The number of ether oxygens (including phenoxy) is 1. The molecule has 1 aromatic heterocycles. The number of hydrogen-bond acceptors (Lipinski definition) is 3. The Morgan fingerprint density at radius 2 is 1.81 bits per heavy atom. The summed E-state index contributed by atoms with van der Waals surface area (Å²) in [5, 5.41) is 0.794. The Bertz CT molecular complexity index is 1010. The summed E-state index contributed by atoms with van der Waals surface area (Å²) in [5.41, 5.74) is 2.09. The highest BCUT2D eigenvalue weighted by atomic mass is 16.5. The number of nitrogens with zero attached hydrogens (tertiary/aromatic N) is 2. The van der Waals surface area contributed by atoms with E-state index in [1.807, 2.05) is 54.6 Å². The number of fused-ring (bicyclic) bond motifs is 1. The Balaban J connectivity index is 1.69. The first kappa shape index (κ1) is 16.5. The highest BCUT2D eigenvalue weighted by Crippen LogP contribution is 2.24. The van der Waals surface area contributed by atoms with Crippen LogP contribution in [0.1, 0.15) is 22.0 Å². The van der Waals surface area contributed by atoms with Crippen molar-refractivity contribution in [2.75, 3.05) is 19.7 Å². The van der Waals surface area contributed by atoms with Crippen LogP contribution in [0.25, 0.3) is 10.9 Å². The van der Waals surface area contributed by atoms with Crippen LogP contribution in [0.3, 0.4) is 0 Å². The predicted molar refractivity (Wildman–Crippen MR) is 100 cm³/mol. The molecule has 5 heteroatoms. The molecule has 1 amide bonds. The molecule has 0 N–H and O–H groups in total. The third kappa shape index (κ3) is 2.91. The minimum atomic E-state index is -0.181. The summed E-state index contributed by atoms with van der Waals surface area (Å²) < 4.78 is 7.42. The van der Waals surface area contributed by atoms with Crippen LogP contribution in [-0.2, 0) is 11.8 Å². The predicted octanol–water partition coefficient (Wildman–Crippen LogP) is 2.75. The molecule has 1 atom stereocenters. The lowest BCUT2D eigenvalue weighted by Gasteiger charge is -2.33. The zero-order chi connectivity index (χ0) is 18.1. The van der Waals surface area contributed by atoms with Crippen LogP contribution in [0.15, 0.2) is 65.5 Å². The molecule has 132 valence electrons. The van der Waals surface area contributed by atoms with Crippen molar-refractivity contribution in [2.24, 2.45) is 7.05 Å². The molecule has 1 aliphatic heterocycles. The van der Waals surface area contributed by atoms with Gasteiger partial charge in [0.2, 0.25) is 0 Å². The third-order valence-electron chi connectivity index (χ3n) is 4.91. The number of benzene rings is 2. The van der Waals surface area contributed by atoms with E-state index in [1.54, 1.807) is 16.5 Å². The number of aryl methyl sites for hydroxylation is 1. The van der Waals surface area contributed by atoms with Gasteiger partial charge in [0.15, 0.2) is 0 Å². The lowest BCUT2D eigenvalue weighted by molar-refractivity contribution is -0.0227. The van der Waals surface area contributed by atoms with E-state index in [1.165, 1.54) is 6.07 Å². The van der Waals surface area contributed by atoms with Crippen molar-refractivity contribution in [3.8, 4) is 0 Å². The smallest absolute Gasteiger partial charge is 0.254 e. The molecule has 2 aromatic carbocycles. The van der Waals surface area contributed by atoms with Crippen molar-refractivity contribution in [3.63, 3.8) is 0 Å². The standard InChI is InChI=1S/C21H20N2O3/c1-22-18-10-6-5-9-16(18)17(13-20(22)24)21(25)23-11-12-26-19(14-23)15-7-3-2-4-8-15/h2-10,13,19H,11-12,14H2,1H3/t19-/m0/s1. The minimum absolute atomic E-state index is 0.122. The summed E-state index contributed by atoms with van der Waals surface area (Å²) in [6.07, 6.45) is -0.147. The first-order valence-electron chi connectivity index (χ1n) is 8.70. The van der Waals surface area contributed by atoms with Crippen LogP contribution in [0.5, 0.6) is 0 Å². The SMILES string of the molecule is Cn1c(=O)cc(C(=O)N2CCO[C@H](c3ccccc3)C2)c2ccccc21. The summed E-state index contributed by atoms with van der Waals surface area (Å²) >= 11 is 0. The van der Waals surface area contributed by atoms with Gasteiger partial charge in [-0.05, 0) is 11.6 Å². The third-order valence-corrected chi connectivity index (χ3v) is 4.91. The van der Waals surface area contributed by atoms with E-state index >= 15 is 0 Å². The molecule has 1 fully saturated rings. The second-order valence-corrected chi connectivity index (χ2v) is 6.49. The number of para-hydroxylation sites is 1. The van der Waals surface area contributed by atoms with E-state index in [0.717, 1.165) is 16.5 Å². The molecule has 4 rings (SSSR count). The number of carbonyl (C=O) groups excluding carboxylic acids is 1. The molecule has 0 bridgehead atoms. The molecular weight excluding hydrogens is 328 g/mol. The molecule has 0 aliphatic carbocycles. The van der Waals surface area contributed by atoms with Crippen molar-refractivity contribution in [1.29, 1.82) is 0 Å². The van der Waals surface area contributed by atoms with Crippen LogP contribution in [0, 0.1) is 0 Å². The summed E-state index contributed by atoms with van der Waals surface area (Å²) in [6.45, 7) is 1.48. The normalized spacial score (nSPS) is 17.4. The number of aromatic nitrogens is 1. The molecule has 2 heterocycles. The fourth-order valence-corrected chi connectivity index (χ4v) is 3.46. The van der Waals surface area contributed by atoms with Crippen molar-refractivity contribution in [1.82, 2.24) is 9.47 Å². The van der Waals surface area contributed by atoms with Crippen LogP contribution in [0.2, 0.25) is 0 Å². The molecule has 26 heavy (non-hydrogen) atoms. The molecule has 0 saturated carbocycles. The average Bonchev–Trinajstić information content (AvgIpc) is 2.71. The van der Waals surface area contributed by atoms with Crippen LogP contribution < -0.4 is 5.56 Å². The van der Waals surface area contributed by atoms with Gasteiger partial charge in [-0.25, -0.2) is 0 Å². The summed E-state index contributed by atoms with van der Waals surface area (Å²) in [7, 11) is 1.72. The zero-order valence-corrected chi connectivity index (χ0v) is 14.6. The summed E-state index contributed by atoms with van der Waals surface area (Å²) in [6, 6.07) is 18.8. The quantitative estimate of drug-likeness (QED) is 0.716. The van der Waals surface area contributed by atoms with Gasteiger partial charge in [0.05, 0.1) is 24.2 Å². The Morgan fingerprint density at radius 3 is 2.62 bits per heavy atom. The van der Waals surface area contributed by atoms with E-state index in [0.29, 0.717) is 25.3 Å². The maximum Gasteiger partial charge on any atom is 0.254 e. The highest BCUT2D eigenvalue weighted by Gasteiger charge is 2.27. The lowest BCUT2D eigenvalue weighted by atomic mass is 10.0. The largest absolute Gasteiger partial charge is 0.370 e. The van der Waals surface area contributed by atoms with E-state index in [-0.39, 0.29) is 17.6 Å². The van der Waals surface area contributed by atoms with Gasteiger partial charge in [-0.15, -0.1) is 0 Å². The van der Waals surface area contributed by atoms with Crippen molar-refractivity contribution in [3.05, 3.63) is 82.1 Å². The summed E-state index contributed by atoms with van der Waals surface area (Å²) in [4.78, 5) is 27.3. The van der Waals surface area contributed by atoms with Crippen LogP contribution >= 0.6 is 0 Å². The maximum absolute atomic E-state index is 13.2. The highest BCUT2D eigenvalue weighted by molar-refractivity contribution is 6.06. The molecule has 0 unspecified atom stereocenters. The first-order chi connectivity index (χ1) is 12.6. The average molecular weight is 348 g/mol. The molecule has 0 radical (unpaired) electrons. The number of hydrogen-bond donors (Lipinski definition) is 0. The lowest BCUT2D eigenvalue weighted by Crippen LogP contribution is -2.42. The van der Waals surface area contributed by atoms with Gasteiger partial charge in [0.1, 0.15) is 6.10 Å². The molecule has 3 aromatic rings. The van der Waals surface area contributed by atoms with E-state index < -0.39 is 0 Å². The fourth-order valence-electron chi connectivity index (χ4n) is 3.46. The van der Waals surface area contributed by atoms with Gasteiger partial charge in [-0.3, -0.25) is 9.59 Å². The number of morpholine rings is 1. The van der Waals surface area contributed by atoms with Gasteiger partial charge >= 0.3 is 0 Å². The monoisotopic (exact) mass is 348 g/mol. The van der Waals surface area contributed by atoms with Crippen LogP contribution in [0.4, 0.5) is 0 Å². The number of rotatable bonds is 2. The zero-order valence-electron chi connectivity index (χ0n) is 14.6. The van der Waals surface area contributed by atoms with Crippen molar-refractivity contribution >= 4 is 16.8 Å². The second kappa shape index (κ2) is 6.77. The first-order valence-corrected chi connectivity index (χ1v) is 8.70. The Hall–Kier alpha value is -2.92. The van der Waals surface area contributed by atoms with Gasteiger partial charge in [-0.1, -0.05) is 48.5 Å². The number of amides is 1. The molecular formula is C21H20N2O3. The number of carbonyl (C=O) groups is 1. The molecule has 5 nitrogen and oxygen atoms in total. The van der Waals surface area contributed by atoms with Gasteiger partial charge in [0.25, 0.3) is 11.5 Å². The molecule has 1 saturated heterocycles. The Kier molecular flexibility index (Phi) is 4.31. The van der Waals surface area contributed by atoms with Crippen molar-refractivity contribution in [2.45, 2.75) is 6.10 Å². The fraction of sp³-hybridized carbons (Fsp3) is 0.238. The molecule has 0 spiro atoms. The van der Waals surface area contributed by atoms with Gasteiger partial charge in [-0.2, -0.15) is 0 Å². The van der Waals surface area contributed by atoms with Crippen molar-refractivity contribution < 1.29 is 9.53 Å². The van der Waals surface area contributed by atoms with E-state index in [4.69, 9.17) is 4.74 Å². The van der Waals surface area contributed by atoms with Gasteiger partial charge in [0, 0.05) is 25.0 Å². The topological polar surface area (TPSA) is 51.5 Å². The van der Waals surface area contributed by atoms with Gasteiger partial charge < -0.3 is 14.2 Å².